The standard InChI is InChI=1S/C14H24F2N2O/c1-10-3-2-8-18(12(10)9-17)13(19)11-4-6-14(15,16)7-5-11/h10-12H,2-9,17H2,1H3. The Kier molecular flexibility index (Phi) is 4.43. The number of likely N-dealkylation sites (tertiary alicyclic amines) is 1. The highest BCUT2D eigenvalue weighted by molar-refractivity contribution is 5.79. The number of carbonyl (C=O) groups excluding carboxylic acids is 1. The van der Waals surface area contributed by atoms with Gasteiger partial charge in [-0.25, -0.2) is 8.78 Å². The van der Waals surface area contributed by atoms with Gasteiger partial charge in [-0.2, -0.15) is 0 Å². The van der Waals surface area contributed by atoms with E-state index < -0.39 is 5.92 Å². The van der Waals surface area contributed by atoms with Crippen molar-refractivity contribution in [1.82, 2.24) is 4.90 Å². The van der Waals surface area contributed by atoms with Crippen LogP contribution in [0.2, 0.25) is 0 Å². The molecule has 0 aromatic carbocycles. The molecule has 2 N–H and O–H groups in total. The summed E-state index contributed by atoms with van der Waals surface area (Å²) in [4.78, 5) is 14.4. The van der Waals surface area contributed by atoms with Crippen molar-refractivity contribution in [2.24, 2.45) is 17.6 Å². The Labute approximate surface area is 113 Å². The summed E-state index contributed by atoms with van der Waals surface area (Å²) >= 11 is 0. The van der Waals surface area contributed by atoms with Gasteiger partial charge < -0.3 is 10.6 Å². The lowest BCUT2D eigenvalue weighted by Gasteiger charge is -2.42. The van der Waals surface area contributed by atoms with Crippen molar-refractivity contribution in [3.05, 3.63) is 0 Å². The van der Waals surface area contributed by atoms with E-state index in [4.69, 9.17) is 5.73 Å². The summed E-state index contributed by atoms with van der Waals surface area (Å²) in [6.45, 7) is 3.32. The summed E-state index contributed by atoms with van der Waals surface area (Å²) in [5.41, 5.74) is 5.78. The predicted molar refractivity (Wildman–Crippen MR) is 69.9 cm³/mol. The number of alkyl halides is 2. The van der Waals surface area contributed by atoms with Gasteiger partial charge in [0, 0.05) is 37.9 Å². The highest BCUT2D eigenvalue weighted by Gasteiger charge is 2.40. The molecule has 2 fully saturated rings. The van der Waals surface area contributed by atoms with E-state index in [0.29, 0.717) is 25.3 Å². The number of halogens is 2. The van der Waals surface area contributed by atoms with E-state index in [-0.39, 0.29) is 30.7 Å². The molecule has 0 radical (unpaired) electrons. The number of piperidine rings is 1. The zero-order chi connectivity index (χ0) is 14.0. The number of amides is 1. The second-order valence-corrected chi connectivity index (χ2v) is 6.08. The van der Waals surface area contributed by atoms with Crippen molar-refractivity contribution in [2.75, 3.05) is 13.1 Å². The molecule has 2 rings (SSSR count). The van der Waals surface area contributed by atoms with E-state index in [0.717, 1.165) is 19.4 Å². The van der Waals surface area contributed by atoms with Crippen LogP contribution in [-0.4, -0.2) is 35.9 Å². The molecule has 0 bridgehead atoms. The SMILES string of the molecule is CC1CCCN(C(=O)C2CCC(F)(F)CC2)C1CN. The van der Waals surface area contributed by atoms with E-state index in [2.05, 4.69) is 6.92 Å². The molecular weight excluding hydrogens is 250 g/mol. The summed E-state index contributed by atoms with van der Waals surface area (Å²) in [6.07, 6.45) is 2.41. The number of hydrogen-bond donors (Lipinski definition) is 1. The fraction of sp³-hybridized carbons (Fsp3) is 0.929. The second-order valence-electron chi connectivity index (χ2n) is 6.08. The van der Waals surface area contributed by atoms with Crippen LogP contribution in [0.25, 0.3) is 0 Å². The van der Waals surface area contributed by atoms with Crippen molar-refractivity contribution >= 4 is 5.91 Å². The molecule has 1 aliphatic carbocycles. The normalized spacial score (nSPS) is 32.3. The lowest BCUT2D eigenvalue weighted by molar-refractivity contribution is -0.144. The summed E-state index contributed by atoms with van der Waals surface area (Å²) in [5, 5.41) is 0. The topological polar surface area (TPSA) is 46.3 Å². The van der Waals surface area contributed by atoms with Crippen LogP contribution in [0.4, 0.5) is 8.78 Å². The Morgan fingerprint density at radius 3 is 2.53 bits per heavy atom. The maximum atomic E-state index is 13.1. The number of hydrogen-bond acceptors (Lipinski definition) is 2. The van der Waals surface area contributed by atoms with E-state index in [1.54, 1.807) is 0 Å². The lowest BCUT2D eigenvalue weighted by Crippen LogP contribution is -2.53. The molecule has 2 unspecified atom stereocenters. The largest absolute Gasteiger partial charge is 0.338 e. The first-order valence-electron chi connectivity index (χ1n) is 7.33. The van der Waals surface area contributed by atoms with E-state index in [9.17, 15) is 13.6 Å². The quantitative estimate of drug-likeness (QED) is 0.840. The van der Waals surface area contributed by atoms with Gasteiger partial charge in [0.2, 0.25) is 11.8 Å². The monoisotopic (exact) mass is 274 g/mol. The van der Waals surface area contributed by atoms with Gasteiger partial charge in [0.1, 0.15) is 0 Å². The third kappa shape index (κ3) is 3.25. The Bertz CT molecular complexity index is 325. The molecule has 1 saturated carbocycles. The molecule has 1 saturated heterocycles. The summed E-state index contributed by atoms with van der Waals surface area (Å²) in [5.74, 6) is -2.33. The zero-order valence-corrected chi connectivity index (χ0v) is 11.6. The first-order valence-corrected chi connectivity index (χ1v) is 7.33. The average molecular weight is 274 g/mol. The van der Waals surface area contributed by atoms with E-state index in [1.165, 1.54) is 0 Å². The summed E-state index contributed by atoms with van der Waals surface area (Å²) in [7, 11) is 0. The van der Waals surface area contributed by atoms with Crippen molar-refractivity contribution < 1.29 is 13.6 Å². The van der Waals surface area contributed by atoms with Gasteiger partial charge in [0.25, 0.3) is 0 Å². The smallest absolute Gasteiger partial charge is 0.248 e. The third-order valence-electron chi connectivity index (χ3n) is 4.71. The lowest BCUT2D eigenvalue weighted by atomic mass is 9.83. The van der Waals surface area contributed by atoms with Crippen LogP contribution < -0.4 is 5.73 Å². The van der Waals surface area contributed by atoms with Crippen LogP contribution in [-0.2, 0) is 4.79 Å². The van der Waals surface area contributed by atoms with Crippen LogP contribution >= 0.6 is 0 Å². The van der Waals surface area contributed by atoms with Crippen molar-refractivity contribution in [3.8, 4) is 0 Å². The van der Waals surface area contributed by atoms with E-state index in [1.807, 2.05) is 4.90 Å². The number of rotatable bonds is 2. The minimum Gasteiger partial charge on any atom is -0.338 e. The molecule has 0 aromatic rings. The highest BCUT2D eigenvalue weighted by Crippen LogP contribution is 2.37. The molecule has 1 amide bonds. The van der Waals surface area contributed by atoms with Gasteiger partial charge in [-0.1, -0.05) is 6.92 Å². The maximum Gasteiger partial charge on any atom is 0.248 e. The highest BCUT2D eigenvalue weighted by atomic mass is 19.3. The van der Waals surface area contributed by atoms with Crippen LogP contribution in [0.5, 0.6) is 0 Å². The van der Waals surface area contributed by atoms with Crippen LogP contribution in [0.1, 0.15) is 45.4 Å². The summed E-state index contributed by atoms with van der Waals surface area (Å²) < 4.78 is 26.3. The van der Waals surface area contributed by atoms with Crippen molar-refractivity contribution in [1.29, 1.82) is 0 Å². The number of nitrogens with zero attached hydrogens (tertiary/aromatic N) is 1. The first-order chi connectivity index (χ1) is 8.94. The minimum absolute atomic E-state index is 0.0532. The molecule has 2 atom stereocenters. The molecule has 19 heavy (non-hydrogen) atoms. The Balaban J connectivity index is 1.99. The second kappa shape index (κ2) is 5.73. The van der Waals surface area contributed by atoms with Gasteiger partial charge in [0.05, 0.1) is 0 Å². The molecule has 110 valence electrons. The molecule has 5 heteroatoms. The molecule has 3 nitrogen and oxygen atoms in total. The van der Waals surface area contributed by atoms with Crippen LogP contribution in [0, 0.1) is 11.8 Å². The number of carbonyl (C=O) groups is 1. The van der Waals surface area contributed by atoms with Crippen LogP contribution in [0.3, 0.4) is 0 Å². The maximum absolute atomic E-state index is 13.1. The molecular formula is C14H24F2N2O. The van der Waals surface area contributed by atoms with Gasteiger partial charge in [-0.05, 0) is 31.6 Å². The van der Waals surface area contributed by atoms with Gasteiger partial charge >= 0.3 is 0 Å². The predicted octanol–water partition coefficient (Wildman–Crippen LogP) is 2.40. The minimum atomic E-state index is -2.57. The van der Waals surface area contributed by atoms with Crippen molar-refractivity contribution in [3.63, 3.8) is 0 Å². The van der Waals surface area contributed by atoms with Gasteiger partial charge in [-0.15, -0.1) is 0 Å². The van der Waals surface area contributed by atoms with Gasteiger partial charge in [0.15, 0.2) is 0 Å². The first kappa shape index (κ1) is 14.7. The molecule has 0 spiro atoms. The Hall–Kier alpha value is -0.710. The average Bonchev–Trinajstić information content (AvgIpc) is 2.37. The van der Waals surface area contributed by atoms with E-state index >= 15 is 0 Å². The fourth-order valence-electron chi connectivity index (χ4n) is 3.40. The Morgan fingerprint density at radius 1 is 1.32 bits per heavy atom. The molecule has 0 aromatic heterocycles. The number of nitrogens with two attached hydrogens (primary N) is 1. The van der Waals surface area contributed by atoms with Crippen molar-refractivity contribution in [2.45, 2.75) is 57.4 Å². The van der Waals surface area contributed by atoms with Crippen LogP contribution in [0.15, 0.2) is 0 Å². The summed E-state index contributed by atoms with van der Waals surface area (Å²) in [6, 6.07) is 0.0867. The zero-order valence-electron chi connectivity index (χ0n) is 11.6. The Morgan fingerprint density at radius 2 is 1.95 bits per heavy atom. The molecule has 1 aliphatic heterocycles. The third-order valence-corrected chi connectivity index (χ3v) is 4.71. The molecule has 1 heterocycles. The van der Waals surface area contributed by atoms with Gasteiger partial charge in [-0.3, -0.25) is 4.79 Å². The molecule has 2 aliphatic rings. The fourth-order valence-corrected chi connectivity index (χ4v) is 3.40.